The second-order valence-electron chi connectivity index (χ2n) is 2.22. The standard InChI is InChI=1S/C6H10F3NO2/c1-3-12-5(11)10-6(2,9)4(7)8/h4H,3H2,1-2H3,(H,10,11). The molecule has 3 nitrogen and oxygen atoms in total. The van der Waals surface area contributed by atoms with E-state index in [1.165, 1.54) is 12.2 Å². The molecule has 0 rings (SSSR count). The lowest BCUT2D eigenvalue weighted by atomic mass is 10.3. The second kappa shape index (κ2) is 4.18. The van der Waals surface area contributed by atoms with Crippen LogP contribution < -0.4 is 5.32 Å². The summed E-state index contributed by atoms with van der Waals surface area (Å²) in [6.45, 7) is 2.05. The molecule has 0 spiro atoms. The molecule has 6 heteroatoms. The molecule has 0 saturated carbocycles. The normalized spacial score (nSPS) is 15.5. The molecule has 0 aliphatic rings. The summed E-state index contributed by atoms with van der Waals surface area (Å²) < 4.78 is 40.4. The average molecular weight is 185 g/mol. The lowest BCUT2D eigenvalue weighted by Crippen LogP contribution is -2.47. The van der Waals surface area contributed by atoms with Crippen LogP contribution in [0.15, 0.2) is 0 Å². The predicted molar refractivity (Wildman–Crippen MR) is 35.7 cm³/mol. The number of carbonyl (C=O) groups is 1. The SMILES string of the molecule is CCOC(=O)NC(C)(F)C(F)F. The quantitative estimate of drug-likeness (QED) is 0.679. The zero-order valence-corrected chi connectivity index (χ0v) is 6.73. The van der Waals surface area contributed by atoms with Crippen LogP contribution in [0.4, 0.5) is 18.0 Å². The van der Waals surface area contributed by atoms with E-state index in [9.17, 15) is 18.0 Å². The van der Waals surface area contributed by atoms with Gasteiger partial charge in [-0.25, -0.2) is 18.0 Å². The van der Waals surface area contributed by atoms with E-state index in [0.29, 0.717) is 6.92 Å². The molecule has 0 fully saturated rings. The Bertz CT molecular complexity index is 161. The summed E-state index contributed by atoms with van der Waals surface area (Å²) in [4.78, 5) is 10.5. The Labute approximate surface area is 67.9 Å². The maximum atomic E-state index is 12.6. The van der Waals surface area contributed by atoms with Gasteiger partial charge in [0.05, 0.1) is 6.61 Å². The Balaban J connectivity index is 3.97. The first kappa shape index (κ1) is 11.1. The summed E-state index contributed by atoms with van der Waals surface area (Å²) in [5, 5.41) is 1.38. The minimum absolute atomic E-state index is 0.00511. The van der Waals surface area contributed by atoms with Crippen LogP contribution >= 0.6 is 0 Å². The van der Waals surface area contributed by atoms with E-state index < -0.39 is 18.3 Å². The van der Waals surface area contributed by atoms with Crippen molar-refractivity contribution in [1.29, 1.82) is 0 Å². The van der Waals surface area contributed by atoms with Gasteiger partial charge in [0.2, 0.25) is 5.79 Å². The minimum atomic E-state index is -3.28. The molecule has 12 heavy (non-hydrogen) atoms. The molecule has 0 aromatic rings. The van der Waals surface area contributed by atoms with E-state index in [1.54, 1.807) is 0 Å². The van der Waals surface area contributed by atoms with Gasteiger partial charge in [-0.2, -0.15) is 0 Å². The van der Waals surface area contributed by atoms with Gasteiger partial charge >= 0.3 is 6.09 Å². The van der Waals surface area contributed by atoms with Crippen LogP contribution in [0.5, 0.6) is 0 Å². The van der Waals surface area contributed by atoms with Gasteiger partial charge in [0.1, 0.15) is 0 Å². The fourth-order valence-electron chi connectivity index (χ4n) is 0.421. The van der Waals surface area contributed by atoms with Crippen LogP contribution in [0.3, 0.4) is 0 Å². The summed E-state index contributed by atoms with van der Waals surface area (Å²) in [7, 11) is 0. The lowest BCUT2D eigenvalue weighted by Gasteiger charge is -2.19. The fraction of sp³-hybridized carbons (Fsp3) is 0.833. The van der Waals surface area contributed by atoms with E-state index >= 15 is 0 Å². The number of amides is 1. The van der Waals surface area contributed by atoms with Crippen LogP contribution in [0.1, 0.15) is 13.8 Å². The van der Waals surface area contributed by atoms with Gasteiger partial charge in [0.15, 0.2) is 0 Å². The van der Waals surface area contributed by atoms with E-state index in [4.69, 9.17) is 0 Å². The zero-order chi connectivity index (χ0) is 9.78. The van der Waals surface area contributed by atoms with E-state index in [0.717, 1.165) is 0 Å². The largest absolute Gasteiger partial charge is 0.450 e. The third-order valence-electron chi connectivity index (χ3n) is 1.03. The number of ether oxygens (including phenoxy) is 1. The highest BCUT2D eigenvalue weighted by atomic mass is 19.3. The lowest BCUT2D eigenvalue weighted by molar-refractivity contribution is -0.0428. The van der Waals surface area contributed by atoms with Crippen molar-refractivity contribution >= 4 is 6.09 Å². The van der Waals surface area contributed by atoms with Gasteiger partial charge in [-0.05, 0) is 13.8 Å². The summed E-state index contributed by atoms with van der Waals surface area (Å²) in [6.07, 6.45) is -4.47. The first-order valence-electron chi connectivity index (χ1n) is 3.32. The molecule has 0 aromatic carbocycles. The topological polar surface area (TPSA) is 38.3 Å². The summed E-state index contributed by atoms with van der Waals surface area (Å²) in [6, 6.07) is 0. The Kier molecular flexibility index (Phi) is 3.85. The first-order valence-corrected chi connectivity index (χ1v) is 3.32. The first-order chi connectivity index (χ1) is 5.40. The number of hydrogen-bond acceptors (Lipinski definition) is 2. The number of alkyl carbamates (subject to hydrolysis) is 1. The van der Waals surface area contributed by atoms with Gasteiger partial charge in [0.25, 0.3) is 6.43 Å². The van der Waals surface area contributed by atoms with Gasteiger partial charge in [-0.15, -0.1) is 0 Å². The number of nitrogens with one attached hydrogen (secondary N) is 1. The van der Waals surface area contributed by atoms with Crippen LogP contribution in [0, 0.1) is 0 Å². The smallest absolute Gasteiger partial charge is 0.409 e. The monoisotopic (exact) mass is 185 g/mol. The molecule has 0 radical (unpaired) electrons. The Morgan fingerprint density at radius 2 is 2.17 bits per heavy atom. The van der Waals surface area contributed by atoms with E-state index in [2.05, 4.69) is 4.74 Å². The Morgan fingerprint density at radius 1 is 1.67 bits per heavy atom. The fourth-order valence-corrected chi connectivity index (χ4v) is 0.421. The molecule has 0 saturated heterocycles. The van der Waals surface area contributed by atoms with E-state index in [-0.39, 0.29) is 6.61 Å². The van der Waals surface area contributed by atoms with Crippen molar-refractivity contribution in [3.63, 3.8) is 0 Å². The van der Waals surface area contributed by atoms with Crippen molar-refractivity contribution in [1.82, 2.24) is 5.32 Å². The predicted octanol–water partition coefficient (Wildman–Crippen LogP) is 1.68. The van der Waals surface area contributed by atoms with Crippen molar-refractivity contribution in [2.24, 2.45) is 0 Å². The molecule has 0 aliphatic heterocycles. The van der Waals surface area contributed by atoms with Gasteiger partial charge < -0.3 is 4.74 Å². The number of hydrogen-bond donors (Lipinski definition) is 1. The third kappa shape index (κ3) is 3.45. The molecule has 72 valence electrons. The van der Waals surface area contributed by atoms with Crippen molar-refractivity contribution in [2.45, 2.75) is 26.1 Å². The van der Waals surface area contributed by atoms with Gasteiger partial charge in [-0.1, -0.05) is 0 Å². The second-order valence-corrected chi connectivity index (χ2v) is 2.22. The Morgan fingerprint density at radius 3 is 2.50 bits per heavy atom. The molecule has 1 atom stereocenters. The number of halogens is 3. The van der Waals surface area contributed by atoms with Crippen molar-refractivity contribution < 1.29 is 22.7 Å². The number of carbonyl (C=O) groups excluding carboxylic acids is 1. The zero-order valence-electron chi connectivity index (χ0n) is 6.73. The molecule has 0 bridgehead atoms. The molecule has 0 aromatic heterocycles. The molecule has 1 unspecified atom stereocenters. The summed E-state index contributed by atoms with van der Waals surface area (Å²) in [5.74, 6) is -3.04. The van der Waals surface area contributed by atoms with Crippen LogP contribution in [-0.4, -0.2) is 24.9 Å². The highest BCUT2D eigenvalue weighted by molar-refractivity contribution is 5.67. The number of alkyl halides is 3. The molecule has 1 amide bonds. The van der Waals surface area contributed by atoms with Gasteiger partial charge in [0, 0.05) is 0 Å². The molecule has 0 aliphatic carbocycles. The molecule has 1 N–H and O–H groups in total. The van der Waals surface area contributed by atoms with Crippen LogP contribution in [-0.2, 0) is 4.74 Å². The molecular formula is C6H10F3NO2. The number of rotatable bonds is 3. The van der Waals surface area contributed by atoms with Crippen LogP contribution in [0.2, 0.25) is 0 Å². The summed E-state index contributed by atoms with van der Waals surface area (Å²) >= 11 is 0. The minimum Gasteiger partial charge on any atom is -0.450 e. The summed E-state index contributed by atoms with van der Waals surface area (Å²) in [5.41, 5.74) is 0. The third-order valence-corrected chi connectivity index (χ3v) is 1.03. The highest BCUT2D eigenvalue weighted by Gasteiger charge is 2.36. The maximum absolute atomic E-state index is 12.6. The molecule has 0 heterocycles. The Hall–Kier alpha value is -0.940. The average Bonchev–Trinajstić information content (AvgIpc) is 1.85. The van der Waals surface area contributed by atoms with Crippen LogP contribution in [0.25, 0.3) is 0 Å². The van der Waals surface area contributed by atoms with Gasteiger partial charge in [-0.3, -0.25) is 5.32 Å². The molecular weight excluding hydrogens is 175 g/mol. The maximum Gasteiger partial charge on any atom is 0.409 e. The van der Waals surface area contributed by atoms with Crippen molar-refractivity contribution in [2.75, 3.05) is 6.61 Å². The van der Waals surface area contributed by atoms with E-state index in [1.807, 2.05) is 0 Å². The van der Waals surface area contributed by atoms with Crippen molar-refractivity contribution in [3.8, 4) is 0 Å². The van der Waals surface area contributed by atoms with Crippen molar-refractivity contribution in [3.05, 3.63) is 0 Å². The highest BCUT2D eigenvalue weighted by Crippen LogP contribution is 2.16.